The Morgan fingerprint density at radius 2 is 1.65 bits per heavy atom. The van der Waals surface area contributed by atoms with E-state index in [0.29, 0.717) is 15.1 Å². The van der Waals surface area contributed by atoms with Crippen molar-refractivity contribution in [3.63, 3.8) is 0 Å². The minimum absolute atomic E-state index is 0.663. The zero-order valence-electron chi connectivity index (χ0n) is 14.4. The summed E-state index contributed by atoms with van der Waals surface area (Å²) in [5.74, 6) is 0. The van der Waals surface area contributed by atoms with Gasteiger partial charge in [-0.2, -0.15) is 0 Å². The van der Waals surface area contributed by atoms with Crippen molar-refractivity contribution in [2.45, 2.75) is 13.5 Å². The molecule has 3 rings (SSSR count). The second-order valence-electron chi connectivity index (χ2n) is 6.39. The number of piperazine rings is 1. The van der Waals surface area contributed by atoms with Crippen LogP contribution in [0.3, 0.4) is 0 Å². The Bertz CT molecular complexity index is 805. The van der Waals surface area contributed by atoms with Gasteiger partial charge in [-0.25, -0.2) is 0 Å². The Morgan fingerprint density at radius 3 is 2.35 bits per heavy atom. The lowest BCUT2D eigenvalue weighted by atomic mass is 10.2. The maximum atomic E-state index is 6.28. The highest BCUT2D eigenvalue weighted by Crippen LogP contribution is 2.23. The van der Waals surface area contributed by atoms with Crippen LogP contribution in [0.2, 0.25) is 15.1 Å². The molecule has 1 N–H and O–H groups in total. The number of benzene rings is 2. The molecule has 7 heteroatoms. The highest BCUT2D eigenvalue weighted by atomic mass is 35.5. The quantitative estimate of drug-likeness (QED) is 0.653. The van der Waals surface area contributed by atoms with Gasteiger partial charge in [-0.3, -0.25) is 4.90 Å². The third-order valence-corrected chi connectivity index (χ3v) is 5.69. The van der Waals surface area contributed by atoms with Gasteiger partial charge >= 0.3 is 0 Å². The minimum Gasteiger partial charge on any atom is -0.346 e. The molecule has 3 nitrogen and oxygen atoms in total. The average Bonchev–Trinajstić information content (AvgIpc) is 2.61. The molecule has 1 heterocycles. The van der Waals surface area contributed by atoms with Crippen LogP contribution in [0.5, 0.6) is 0 Å². The molecule has 0 spiro atoms. The van der Waals surface area contributed by atoms with Crippen LogP contribution in [0.25, 0.3) is 0 Å². The molecule has 1 fully saturated rings. The van der Waals surface area contributed by atoms with Crippen LogP contribution in [0.1, 0.15) is 11.1 Å². The minimum atomic E-state index is 0.663. The summed E-state index contributed by atoms with van der Waals surface area (Å²) in [5.41, 5.74) is 3.17. The smallest absolute Gasteiger partial charge is 0.173 e. The van der Waals surface area contributed by atoms with Gasteiger partial charge < -0.3 is 10.2 Å². The van der Waals surface area contributed by atoms with Gasteiger partial charge in [0.1, 0.15) is 0 Å². The maximum Gasteiger partial charge on any atom is 0.173 e. The van der Waals surface area contributed by atoms with Crippen LogP contribution < -0.4 is 5.32 Å². The zero-order chi connectivity index (χ0) is 18.7. The van der Waals surface area contributed by atoms with Crippen molar-refractivity contribution in [3.05, 3.63) is 62.6 Å². The van der Waals surface area contributed by atoms with E-state index >= 15 is 0 Å². The summed E-state index contributed by atoms with van der Waals surface area (Å²) in [6.07, 6.45) is 0. The standard InChI is InChI=1S/C19H20Cl3N3S/c1-13-2-4-16(21)11-18(13)23-19(26)25-8-6-24(7-9-25)12-14-3-5-15(20)10-17(14)22/h2-5,10-11H,6-9,12H2,1H3,(H,23,26). The zero-order valence-corrected chi connectivity index (χ0v) is 17.5. The van der Waals surface area contributed by atoms with Gasteiger partial charge in [0.05, 0.1) is 0 Å². The Balaban J connectivity index is 1.54. The van der Waals surface area contributed by atoms with E-state index in [-0.39, 0.29) is 0 Å². The van der Waals surface area contributed by atoms with E-state index in [1.54, 1.807) is 6.07 Å². The molecule has 0 atom stereocenters. The van der Waals surface area contributed by atoms with E-state index in [4.69, 9.17) is 47.0 Å². The first-order valence-electron chi connectivity index (χ1n) is 8.41. The Morgan fingerprint density at radius 1 is 1.00 bits per heavy atom. The van der Waals surface area contributed by atoms with Crippen molar-refractivity contribution in [3.8, 4) is 0 Å². The van der Waals surface area contributed by atoms with Crippen LogP contribution in [-0.4, -0.2) is 41.1 Å². The Labute approximate surface area is 174 Å². The van der Waals surface area contributed by atoms with E-state index in [1.807, 2.05) is 37.3 Å². The number of rotatable bonds is 3. The van der Waals surface area contributed by atoms with Gasteiger partial charge in [0.25, 0.3) is 0 Å². The van der Waals surface area contributed by atoms with Crippen LogP contribution in [0.15, 0.2) is 36.4 Å². The van der Waals surface area contributed by atoms with Crippen molar-refractivity contribution in [1.29, 1.82) is 0 Å². The molecule has 0 aromatic heterocycles. The summed E-state index contributed by atoms with van der Waals surface area (Å²) in [6, 6.07) is 11.4. The first-order valence-corrected chi connectivity index (χ1v) is 9.95. The second kappa shape index (κ2) is 8.77. The molecule has 2 aromatic carbocycles. The van der Waals surface area contributed by atoms with Gasteiger partial charge in [-0.1, -0.05) is 46.9 Å². The molecule has 0 amide bonds. The van der Waals surface area contributed by atoms with Crippen molar-refractivity contribution in [2.75, 3.05) is 31.5 Å². The normalized spacial score (nSPS) is 15.2. The topological polar surface area (TPSA) is 18.5 Å². The summed E-state index contributed by atoms with van der Waals surface area (Å²) in [7, 11) is 0. The van der Waals surface area contributed by atoms with Gasteiger partial charge in [0.15, 0.2) is 5.11 Å². The number of hydrogen-bond acceptors (Lipinski definition) is 2. The number of hydrogen-bond donors (Lipinski definition) is 1. The third kappa shape index (κ3) is 5.02. The molecule has 0 bridgehead atoms. The van der Waals surface area contributed by atoms with Gasteiger partial charge in [-0.15, -0.1) is 0 Å². The van der Waals surface area contributed by atoms with Gasteiger partial charge in [0.2, 0.25) is 0 Å². The molecule has 0 radical (unpaired) electrons. The van der Waals surface area contributed by atoms with Crippen molar-refractivity contribution in [2.24, 2.45) is 0 Å². The second-order valence-corrected chi connectivity index (χ2v) is 8.06. The lowest BCUT2D eigenvalue weighted by Gasteiger charge is -2.36. The van der Waals surface area contributed by atoms with Crippen molar-refractivity contribution < 1.29 is 0 Å². The maximum absolute atomic E-state index is 6.28. The molecular formula is C19H20Cl3N3S. The molecular weight excluding hydrogens is 409 g/mol. The highest BCUT2D eigenvalue weighted by molar-refractivity contribution is 7.80. The lowest BCUT2D eigenvalue weighted by molar-refractivity contribution is 0.177. The monoisotopic (exact) mass is 427 g/mol. The predicted octanol–water partition coefficient (Wildman–Crippen LogP) is 5.47. The van der Waals surface area contributed by atoms with Crippen LogP contribution in [-0.2, 0) is 6.54 Å². The SMILES string of the molecule is Cc1ccc(Cl)cc1NC(=S)N1CCN(Cc2ccc(Cl)cc2Cl)CC1. The summed E-state index contributed by atoms with van der Waals surface area (Å²) in [4.78, 5) is 4.56. The number of nitrogens with one attached hydrogen (secondary N) is 1. The number of anilines is 1. The molecule has 26 heavy (non-hydrogen) atoms. The number of aryl methyl sites for hydroxylation is 1. The van der Waals surface area contributed by atoms with Crippen molar-refractivity contribution in [1.82, 2.24) is 9.80 Å². The molecule has 1 aliphatic rings. The molecule has 2 aromatic rings. The highest BCUT2D eigenvalue weighted by Gasteiger charge is 2.20. The van der Waals surface area contributed by atoms with E-state index in [2.05, 4.69) is 15.1 Å². The van der Waals surface area contributed by atoms with E-state index in [0.717, 1.165) is 54.7 Å². The average molecular weight is 429 g/mol. The predicted molar refractivity (Wildman–Crippen MR) is 116 cm³/mol. The fourth-order valence-electron chi connectivity index (χ4n) is 2.92. The van der Waals surface area contributed by atoms with E-state index in [1.165, 1.54) is 0 Å². The molecule has 0 unspecified atom stereocenters. The Kier molecular flexibility index (Phi) is 6.65. The first-order chi connectivity index (χ1) is 12.4. The Hall–Kier alpha value is -1.04. The van der Waals surface area contributed by atoms with Crippen molar-refractivity contribution >= 4 is 57.8 Å². The first kappa shape index (κ1) is 19.7. The van der Waals surface area contributed by atoms with Crippen LogP contribution >= 0.6 is 47.0 Å². The fraction of sp³-hybridized carbons (Fsp3) is 0.316. The van der Waals surface area contributed by atoms with E-state index in [9.17, 15) is 0 Å². The number of thiocarbonyl (C=S) groups is 1. The van der Waals surface area contributed by atoms with Gasteiger partial charge in [-0.05, 0) is 54.5 Å². The number of nitrogens with zero attached hydrogens (tertiary/aromatic N) is 2. The molecule has 1 aliphatic heterocycles. The van der Waals surface area contributed by atoms with Gasteiger partial charge in [0, 0.05) is 53.5 Å². The van der Waals surface area contributed by atoms with E-state index < -0.39 is 0 Å². The van der Waals surface area contributed by atoms with Crippen LogP contribution in [0.4, 0.5) is 5.69 Å². The lowest BCUT2D eigenvalue weighted by Crippen LogP contribution is -2.49. The fourth-order valence-corrected chi connectivity index (χ4v) is 3.86. The summed E-state index contributed by atoms with van der Waals surface area (Å²) < 4.78 is 0. The molecule has 138 valence electrons. The molecule has 1 saturated heterocycles. The number of halogens is 3. The third-order valence-electron chi connectivity index (χ3n) is 4.51. The summed E-state index contributed by atoms with van der Waals surface area (Å²) in [5, 5.41) is 6.13. The summed E-state index contributed by atoms with van der Waals surface area (Å²) in [6.45, 7) is 6.45. The van der Waals surface area contributed by atoms with Crippen LogP contribution in [0, 0.1) is 6.92 Å². The molecule has 0 saturated carbocycles. The largest absolute Gasteiger partial charge is 0.346 e. The molecule has 0 aliphatic carbocycles. The summed E-state index contributed by atoms with van der Waals surface area (Å²) >= 11 is 23.9.